The highest BCUT2D eigenvalue weighted by molar-refractivity contribution is 7.99. The third-order valence-corrected chi connectivity index (χ3v) is 5.29. The van der Waals surface area contributed by atoms with Crippen molar-refractivity contribution in [1.82, 2.24) is 4.90 Å². The minimum atomic E-state index is -0.553. The maximum Gasteiger partial charge on any atom is 0.329 e. The molecule has 0 N–H and O–H groups in total. The second-order valence-electron chi connectivity index (χ2n) is 5.79. The molecule has 0 bridgehead atoms. The third-order valence-electron chi connectivity index (χ3n) is 3.64. The van der Waals surface area contributed by atoms with Gasteiger partial charge in [-0.3, -0.25) is 4.79 Å². The number of halogens is 1. The molecule has 1 heterocycles. The molecule has 1 fully saturated rings. The van der Waals surface area contributed by atoms with Gasteiger partial charge in [0.1, 0.15) is 11.4 Å². The fourth-order valence-electron chi connectivity index (χ4n) is 2.47. The Kier molecular flexibility index (Phi) is 6.36. The first kappa shape index (κ1) is 18.1. The summed E-state index contributed by atoms with van der Waals surface area (Å²) in [4.78, 5) is 26.7. The van der Waals surface area contributed by atoms with Crippen LogP contribution in [0.5, 0.6) is 0 Å². The molecule has 0 spiro atoms. The van der Waals surface area contributed by atoms with Crippen molar-refractivity contribution in [2.75, 3.05) is 12.4 Å². The van der Waals surface area contributed by atoms with Crippen LogP contribution in [-0.4, -0.2) is 35.2 Å². The largest absolute Gasteiger partial charge is 0.464 e. The summed E-state index contributed by atoms with van der Waals surface area (Å²) < 4.78 is 5.27. The molecule has 2 atom stereocenters. The number of amides is 1. The first-order chi connectivity index (χ1) is 11.0. The highest BCUT2D eigenvalue weighted by atomic mass is 35.5. The van der Waals surface area contributed by atoms with Gasteiger partial charge in [0, 0.05) is 22.3 Å². The number of benzene rings is 1. The molecule has 1 aromatic carbocycles. The Morgan fingerprint density at radius 3 is 2.70 bits per heavy atom. The molecule has 4 nitrogen and oxygen atoms in total. The summed E-state index contributed by atoms with van der Waals surface area (Å²) >= 11 is 7.85. The third kappa shape index (κ3) is 4.01. The summed E-state index contributed by atoms with van der Waals surface area (Å²) in [6, 6.07) is 6.90. The monoisotopic (exact) mass is 355 g/mol. The standard InChI is InChI=1S/C17H22ClNO3S/c1-4-9-22-17(21)14-10-23-16(19(14)15(20)11(2)3)12-7-5-6-8-13(12)18/h5-8,11,14,16H,4,9-10H2,1-3H3/t14-,16+/m0/s1. The zero-order valence-electron chi connectivity index (χ0n) is 13.6. The van der Waals surface area contributed by atoms with E-state index in [1.54, 1.807) is 22.7 Å². The number of hydrogen-bond donors (Lipinski definition) is 0. The lowest BCUT2D eigenvalue weighted by molar-refractivity contribution is -0.155. The van der Waals surface area contributed by atoms with Gasteiger partial charge >= 0.3 is 5.97 Å². The Balaban J connectivity index is 2.31. The SMILES string of the molecule is CCCOC(=O)[C@@H]1CS[C@H](c2ccccc2Cl)N1C(=O)C(C)C. The van der Waals surface area contributed by atoms with E-state index in [1.807, 2.05) is 39.0 Å². The number of carbonyl (C=O) groups excluding carboxylic acids is 2. The smallest absolute Gasteiger partial charge is 0.329 e. The van der Waals surface area contributed by atoms with Crippen LogP contribution in [0.15, 0.2) is 24.3 Å². The number of nitrogens with zero attached hydrogens (tertiary/aromatic N) is 1. The van der Waals surface area contributed by atoms with Crippen molar-refractivity contribution in [3.8, 4) is 0 Å². The van der Waals surface area contributed by atoms with Crippen LogP contribution in [0, 0.1) is 5.92 Å². The number of hydrogen-bond acceptors (Lipinski definition) is 4. The van der Waals surface area contributed by atoms with Crippen molar-refractivity contribution in [2.45, 2.75) is 38.6 Å². The maximum absolute atomic E-state index is 12.7. The van der Waals surface area contributed by atoms with Crippen molar-refractivity contribution < 1.29 is 14.3 Å². The van der Waals surface area contributed by atoms with E-state index in [9.17, 15) is 9.59 Å². The highest BCUT2D eigenvalue weighted by Gasteiger charge is 2.44. The molecular formula is C17H22ClNO3S. The minimum Gasteiger partial charge on any atom is -0.464 e. The van der Waals surface area contributed by atoms with Crippen molar-refractivity contribution in [2.24, 2.45) is 5.92 Å². The average Bonchev–Trinajstić information content (AvgIpc) is 2.96. The van der Waals surface area contributed by atoms with Gasteiger partial charge in [-0.15, -0.1) is 11.8 Å². The lowest BCUT2D eigenvalue weighted by Crippen LogP contribution is -2.45. The predicted octanol–water partition coefficient (Wildman–Crippen LogP) is 3.89. The molecule has 1 aliphatic rings. The summed E-state index contributed by atoms with van der Waals surface area (Å²) in [6.45, 7) is 5.99. The molecule has 1 aliphatic heterocycles. The van der Waals surface area contributed by atoms with Crippen molar-refractivity contribution in [3.63, 3.8) is 0 Å². The summed E-state index contributed by atoms with van der Waals surface area (Å²) in [5, 5.41) is 0.354. The molecule has 126 valence electrons. The number of rotatable bonds is 5. The quantitative estimate of drug-likeness (QED) is 0.752. The van der Waals surface area contributed by atoms with Gasteiger partial charge in [0.25, 0.3) is 0 Å². The first-order valence-electron chi connectivity index (χ1n) is 7.82. The van der Waals surface area contributed by atoms with E-state index in [-0.39, 0.29) is 23.2 Å². The van der Waals surface area contributed by atoms with Crippen LogP contribution in [0.25, 0.3) is 0 Å². The molecule has 1 amide bonds. The van der Waals surface area contributed by atoms with Crippen LogP contribution in [0.2, 0.25) is 5.02 Å². The molecular weight excluding hydrogens is 334 g/mol. The van der Waals surface area contributed by atoms with Crippen LogP contribution in [-0.2, 0) is 14.3 Å². The fraction of sp³-hybridized carbons (Fsp3) is 0.529. The lowest BCUT2D eigenvalue weighted by atomic mass is 10.1. The summed E-state index contributed by atoms with van der Waals surface area (Å²) in [5.41, 5.74) is 0.860. The maximum atomic E-state index is 12.7. The van der Waals surface area contributed by atoms with Crippen molar-refractivity contribution in [1.29, 1.82) is 0 Å². The van der Waals surface area contributed by atoms with Gasteiger partial charge in [-0.2, -0.15) is 0 Å². The van der Waals surface area contributed by atoms with E-state index in [2.05, 4.69) is 0 Å². The molecule has 0 radical (unpaired) electrons. The van der Waals surface area contributed by atoms with E-state index >= 15 is 0 Å². The van der Waals surface area contributed by atoms with Gasteiger partial charge in [0.2, 0.25) is 5.91 Å². The molecule has 0 aromatic heterocycles. The van der Waals surface area contributed by atoms with E-state index in [0.717, 1.165) is 12.0 Å². The molecule has 1 saturated heterocycles. The van der Waals surface area contributed by atoms with Crippen molar-refractivity contribution >= 4 is 35.2 Å². The molecule has 0 saturated carbocycles. The summed E-state index contributed by atoms with van der Waals surface area (Å²) in [7, 11) is 0. The van der Waals surface area contributed by atoms with Crippen LogP contribution >= 0.6 is 23.4 Å². The zero-order chi connectivity index (χ0) is 17.0. The van der Waals surface area contributed by atoms with Crippen molar-refractivity contribution in [3.05, 3.63) is 34.9 Å². The van der Waals surface area contributed by atoms with Crippen LogP contribution in [0.3, 0.4) is 0 Å². The fourth-order valence-corrected chi connectivity index (χ4v) is 4.23. The molecule has 1 aromatic rings. The zero-order valence-corrected chi connectivity index (χ0v) is 15.2. The second kappa shape index (κ2) is 8.06. The van der Waals surface area contributed by atoms with Gasteiger partial charge in [-0.1, -0.05) is 50.6 Å². The van der Waals surface area contributed by atoms with Crippen LogP contribution in [0.1, 0.15) is 38.1 Å². The molecule has 6 heteroatoms. The van der Waals surface area contributed by atoms with Gasteiger partial charge in [0.15, 0.2) is 0 Å². The number of thioether (sulfide) groups is 1. The van der Waals surface area contributed by atoms with E-state index < -0.39 is 6.04 Å². The molecule has 0 aliphatic carbocycles. The van der Waals surface area contributed by atoms with Crippen LogP contribution < -0.4 is 0 Å². The highest BCUT2D eigenvalue weighted by Crippen LogP contribution is 2.44. The second-order valence-corrected chi connectivity index (χ2v) is 7.31. The van der Waals surface area contributed by atoms with E-state index in [1.165, 1.54) is 0 Å². The lowest BCUT2D eigenvalue weighted by Gasteiger charge is -2.30. The van der Waals surface area contributed by atoms with Crippen LogP contribution in [0.4, 0.5) is 0 Å². The van der Waals surface area contributed by atoms with E-state index in [0.29, 0.717) is 17.4 Å². The Bertz CT molecular complexity index is 579. The number of ether oxygens (including phenoxy) is 1. The Labute approximate surface area is 146 Å². The van der Waals surface area contributed by atoms with E-state index in [4.69, 9.17) is 16.3 Å². The Morgan fingerprint density at radius 1 is 1.39 bits per heavy atom. The van der Waals surface area contributed by atoms with Gasteiger partial charge in [0.05, 0.1) is 6.61 Å². The van der Waals surface area contributed by atoms with Gasteiger partial charge < -0.3 is 9.64 Å². The number of carbonyl (C=O) groups is 2. The number of esters is 1. The molecule has 23 heavy (non-hydrogen) atoms. The Hall–Kier alpha value is -1.20. The minimum absolute atomic E-state index is 0.0571. The first-order valence-corrected chi connectivity index (χ1v) is 9.24. The normalized spacial score (nSPS) is 20.8. The molecule has 0 unspecified atom stereocenters. The Morgan fingerprint density at radius 2 is 2.09 bits per heavy atom. The summed E-state index contributed by atoms with van der Waals surface area (Å²) in [6.07, 6.45) is 0.762. The predicted molar refractivity (Wildman–Crippen MR) is 93.4 cm³/mol. The van der Waals surface area contributed by atoms with Gasteiger partial charge in [-0.25, -0.2) is 4.79 Å². The van der Waals surface area contributed by atoms with Gasteiger partial charge in [-0.05, 0) is 12.5 Å². The summed E-state index contributed by atoms with van der Waals surface area (Å²) in [5.74, 6) is -0.0573. The topological polar surface area (TPSA) is 46.6 Å². The molecule has 2 rings (SSSR count). The average molecular weight is 356 g/mol.